The van der Waals surface area contributed by atoms with Gasteiger partial charge in [-0.25, -0.2) is 9.59 Å². The number of methoxy groups -OCH3 is 1. The third kappa shape index (κ3) is 4.68. The van der Waals surface area contributed by atoms with Gasteiger partial charge in [-0.2, -0.15) is 0 Å². The Bertz CT molecular complexity index is 1070. The summed E-state index contributed by atoms with van der Waals surface area (Å²) in [5.41, 5.74) is 3.64. The van der Waals surface area contributed by atoms with Crippen LogP contribution in [0.15, 0.2) is 42.7 Å². The van der Waals surface area contributed by atoms with Crippen LogP contribution in [0.5, 0.6) is 0 Å². The molecule has 0 aliphatic carbocycles. The largest absolute Gasteiger partial charge is 0.465 e. The molecule has 2 heterocycles. The maximum absolute atomic E-state index is 12.1. The number of nitrogens with zero attached hydrogens (tertiary/aromatic N) is 2. The topological polar surface area (TPSA) is 90.4 Å². The summed E-state index contributed by atoms with van der Waals surface area (Å²) in [5.74, 6) is -0.394. The van der Waals surface area contributed by atoms with Gasteiger partial charge in [-0.15, -0.1) is 0 Å². The lowest BCUT2D eigenvalue weighted by Gasteiger charge is -2.19. The van der Waals surface area contributed by atoms with Crippen molar-refractivity contribution < 1.29 is 19.1 Å². The van der Waals surface area contributed by atoms with Gasteiger partial charge in [-0.05, 0) is 51.5 Å². The average Bonchev–Trinajstić information content (AvgIpc) is 2.66. The van der Waals surface area contributed by atoms with E-state index in [-0.39, 0.29) is 0 Å². The predicted molar refractivity (Wildman–Crippen MR) is 111 cm³/mol. The summed E-state index contributed by atoms with van der Waals surface area (Å²) in [4.78, 5) is 32.6. The molecule has 0 fully saturated rings. The molecule has 150 valence electrons. The summed E-state index contributed by atoms with van der Waals surface area (Å²) in [5, 5.41) is 3.55. The molecule has 3 aromatic rings. The first kappa shape index (κ1) is 20.3. The summed E-state index contributed by atoms with van der Waals surface area (Å²) < 4.78 is 10.1. The van der Waals surface area contributed by atoms with Gasteiger partial charge in [0.2, 0.25) is 0 Å². The summed E-state index contributed by atoms with van der Waals surface area (Å²) in [6.45, 7) is 7.31. The Hall–Kier alpha value is -3.48. The average molecular weight is 393 g/mol. The Balaban J connectivity index is 2.02. The monoisotopic (exact) mass is 393 g/mol. The van der Waals surface area contributed by atoms with E-state index in [1.165, 1.54) is 7.11 Å². The third-order valence-corrected chi connectivity index (χ3v) is 4.17. The first-order valence-corrected chi connectivity index (χ1v) is 9.12. The second-order valence-corrected chi connectivity index (χ2v) is 7.57. The maximum atomic E-state index is 12.1. The van der Waals surface area contributed by atoms with E-state index in [4.69, 9.17) is 9.47 Å². The first-order chi connectivity index (χ1) is 13.7. The van der Waals surface area contributed by atoms with Crippen LogP contribution in [0.3, 0.4) is 0 Å². The minimum absolute atomic E-state index is 0.394. The number of amides is 1. The van der Waals surface area contributed by atoms with Crippen molar-refractivity contribution in [3.05, 3.63) is 54.0 Å². The van der Waals surface area contributed by atoms with Gasteiger partial charge in [0.1, 0.15) is 5.60 Å². The van der Waals surface area contributed by atoms with Gasteiger partial charge >= 0.3 is 12.1 Å². The SMILES string of the molecule is COC(=O)c1ccc(-c2c(C)ncc3ncc(NC(=O)OC(C)(C)C)cc23)cc1. The van der Waals surface area contributed by atoms with Crippen LogP contribution in [-0.2, 0) is 9.47 Å². The molecule has 0 saturated carbocycles. The number of pyridine rings is 2. The smallest absolute Gasteiger partial charge is 0.412 e. The fraction of sp³-hybridized carbons (Fsp3) is 0.273. The number of hydrogen-bond donors (Lipinski definition) is 1. The Morgan fingerprint density at radius 3 is 2.34 bits per heavy atom. The van der Waals surface area contributed by atoms with E-state index in [1.54, 1.807) is 45.3 Å². The number of nitrogens with one attached hydrogen (secondary N) is 1. The number of anilines is 1. The minimum atomic E-state index is -0.596. The molecule has 0 aliphatic heterocycles. The normalized spacial score (nSPS) is 11.2. The zero-order valence-corrected chi connectivity index (χ0v) is 17.1. The number of ether oxygens (including phenoxy) is 2. The van der Waals surface area contributed by atoms with Crippen LogP contribution >= 0.6 is 0 Å². The number of benzene rings is 1. The third-order valence-electron chi connectivity index (χ3n) is 4.17. The fourth-order valence-electron chi connectivity index (χ4n) is 2.94. The van der Waals surface area contributed by atoms with E-state index in [0.29, 0.717) is 16.8 Å². The number of fused-ring (bicyclic) bond motifs is 1. The highest BCUT2D eigenvalue weighted by molar-refractivity contribution is 5.99. The fourth-order valence-corrected chi connectivity index (χ4v) is 2.94. The Kier molecular flexibility index (Phi) is 5.50. The molecule has 1 amide bonds. The summed E-state index contributed by atoms with van der Waals surface area (Å²) in [6, 6.07) is 8.92. The molecule has 7 heteroatoms. The van der Waals surface area contributed by atoms with Gasteiger partial charge in [0.05, 0.1) is 36.3 Å². The zero-order chi connectivity index (χ0) is 21.2. The summed E-state index contributed by atoms with van der Waals surface area (Å²) in [6.07, 6.45) is 2.70. The Morgan fingerprint density at radius 1 is 1.03 bits per heavy atom. The molecule has 0 aliphatic rings. The minimum Gasteiger partial charge on any atom is -0.465 e. The van der Waals surface area contributed by atoms with Crippen molar-refractivity contribution in [1.29, 1.82) is 0 Å². The molecule has 0 spiro atoms. The van der Waals surface area contributed by atoms with Gasteiger partial charge in [0.25, 0.3) is 0 Å². The number of carbonyl (C=O) groups excluding carboxylic acids is 2. The number of hydrogen-bond acceptors (Lipinski definition) is 6. The molecule has 2 aromatic heterocycles. The van der Waals surface area contributed by atoms with Gasteiger partial charge in [0, 0.05) is 16.6 Å². The molecule has 7 nitrogen and oxygen atoms in total. The van der Waals surface area contributed by atoms with Crippen molar-refractivity contribution in [3.8, 4) is 11.1 Å². The number of esters is 1. The molecular weight excluding hydrogens is 370 g/mol. The molecule has 0 bridgehead atoms. The highest BCUT2D eigenvalue weighted by atomic mass is 16.6. The standard InChI is InChI=1S/C22H23N3O4/c1-13-19(14-6-8-15(9-7-14)20(26)28-5)17-10-16(11-24-18(17)12-23-13)25-21(27)29-22(2,3)4/h6-12H,1-5H3,(H,25,27). The van der Waals surface area contributed by atoms with Gasteiger partial charge in [-0.1, -0.05) is 12.1 Å². The van der Waals surface area contributed by atoms with Gasteiger partial charge < -0.3 is 9.47 Å². The number of aromatic nitrogens is 2. The van der Waals surface area contributed by atoms with Crippen molar-refractivity contribution in [1.82, 2.24) is 9.97 Å². The van der Waals surface area contributed by atoms with Crippen LogP contribution in [0.1, 0.15) is 36.8 Å². The van der Waals surface area contributed by atoms with E-state index in [9.17, 15) is 9.59 Å². The van der Waals surface area contributed by atoms with Crippen molar-refractivity contribution in [2.24, 2.45) is 0 Å². The van der Waals surface area contributed by atoms with Gasteiger partial charge in [-0.3, -0.25) is 15.3 Å². The predicted octanol–water partition coefficient (Wildman–Crippen LogP) is 4.74. The molecule has 29 heavy (non-hydrogen) atoms. The van der Waals surface area contributed by atoms with E-state index in [1.807, 2.05) is 25.1 Å². The maximum Gasteiger partial charge on any atom is 0.412 e. The number of aryl methyl sites for hydroxylation is 1. The van der Waals surface area contributed by atoms with Crippen molar-refractivity contribution in [3.63, 3.8) is 0 Å². The van der Waals surface area contributed by atoms with E-state index < -0.39 is 17.7 Å². The van der Waals surface area contributed by atoms with Crippen molar-refractivity contribution >= 4 is 28.7 Å². The van der Waals surface area contributed by atoms with Crippen molar-refractivity contribution in [2.75, 3.05) is 12.4 Å². The second kappa shape index (κ2) is 7.87. The molecule has 0 radical (unpaired) electrons. The van der Waals surface area contributed by atoms with E-state index in [0.717, 1.165) is 22.2 Å². The molecular formula is C22H23N3O4. The molecule has 0 atom stereocenters. The lowest BCUT2D eigenvalue weighted by molar-refractivity contribution is 0.0598. The second-order valence-electron chi connectivity index (χ2n) is 7.57. The first-order valence-electron chi connectivity index (χ1n) is 9.12. The molecule has 0 saturated heterocycles. The van der Waals surface area contributed by atoms with Crippen LogP contribution in [0.25, 0.3) is 22.0 Å². The lowest BCUT2D eigenvalue weighted by atomic mass is 9.98. The van der Waals surface area contributed by atoms with Crippen LogP contribution in [0.2, 0.25) is 0 Å². The molecule has 1 aromatic carbocycles. The highest BCUT2D eigenvalue weighted by Crippen LogP contribution is 2.31. The molecule has 0 unspecified atom stereocenters. The van der Waals surface area contributed by atoms with Crippen molar-refractivity contribution in [2.45, 2.75) is 33.3 Å². The molecule has 1 N–H and O–H groups in total. The van der Waals surface area contributed by atoms with E-state index in [2.05, 4.69) is 15.3 Å². The number of rotatable bonds is 3. The molecule has 3 rings (SSSR count). The summed E-state index contributed by atoms with van der Waals surface area (Å²) >= 11 is 0. The Morgan fingerprint density at radius 2 is 1.72 bits per heavy atom. The van der Waals surface area contributed by atoms with Crippen LogP contribution in [0, 0.1) is 6.92 Å². The van der Waals surface area contributed by atoms with Gasteiger partial charge in [0.15, 0.2) is 0 Å². The Labute approximate surface area is 169 Å². The van der Waals surface area contributed by atoms with Crippen LogP contribution < -0.4 is 5.32 Å². The lowest BCUT2D eigenvalue weighted by Crippen LogP contribution is -2.27. The summed E-state index contributed by atoms with van der Waals surface area (Å²) in [7, 11) is 1.35. The van der Waals surface area contributed by atoms with Crippen LogP contribution in [-0.4, -0.2) is 34.7 Å². The van der Waals surface area contributed by atoms with Crippen LogP contribution in [0.4, 0.5) is 10.5 Å². The number of carbonyl (C=O) groups is 2. The quantitative estimate of drug-likeness (QED) is 0.647. The highest BCUT2D eigenvalue weighted by Gasteiger charge is 2.17. The zero-order valence-electron chi connectivity index (χ0n) is 17.1. The van der Waals surface area contributed by atoms with E-state index >= 15 is 0 Å².